The van der Waals surface area contributed by atoms with Crippen LogP contribution >= 0.6 is 0 Å². The molecule has 3 heterocycles. The van der Waals surface area contributed by atoms with Crippen LogP contribution in [0, 0.1) is 0 Å². The van der Waals surface area contributed by atoms with Gasteiger partial charge in [0.2, 0.25) is 0 Å². The summed E-state index contributed by atoms with van der Waals surface area (Å²) >= 11 is 0. The maximum atomic E-state index is 13.4. The Morgan fingerprint density at radius 3 is 2.63 bits per heavy atom. The molecule has 0 unspecified atom stereocenters. The first-order chi connectivity index (χ1) is 17.1. The number of para-hydroxylation sites is 1. The van der Waals surface area contributed by atoms with Crippen molar-refractivity contribution in [2.24, 2.45) is 0 Å². The number of rotatable bonds is 8. The highest BCUT2D eigenvalue weighted by atomic mass is 16.5. The monoisotopic (exact) mass is 470 g/mol. The third kappa shape index (κ3) is 5.05. The molecule has 2 aromatic carbocycles. The van der Waals surface area contributed by atoms with Crippen LogP contribution in [0.4, 0.5) is 5.69 Å². The van der Waals surface area contributed by atoms with E-state index in [0.29, 0.717) is 34.7 Å². The lowest BCUT2D eigenvalue weighted by Gasteiger charge is -2.16. The summed E-state index contributed by atoms with van der Waals surface area (Å²) in [5.41, 5.74) is 3.54. The molecular formula is C28H30N4O3. The summed E-state index contributed by atoms with van der Waals surface area (Å²) in [6.07, 6.45) is 8.92. The molecule has 7 heteroatoms. The van der Waals surface area contributed by atoms with Gasteiger partial charge < -0.3 is 14.6 Å². The Kier molecular flexibility index (Phi) is 6.77. The number of pyridine rings is 1. The van der Waals surface area contributed by atoms with E-state index in [-0.39, 0.29) is 17.6 Å². The highest BCUT2D eigenvalue weighted by molar-refractivity contribution is 6.08. The van der Waals surface area contributed by atoms with Crippen LogP contribution in [-0.4, -0.2) is 33.0 Å². The molecule has 0 bridgehead atoms. The van der Waals surface area contributed by atoms with Gasteiger partial charge in [0, 0.05) is 31.2 Å². The number of benzene rings is 2. The first-order valence-electron chi connectivity index (χ1n) is 12.3. The van der Waals surface area contributed by atoms with E-state index >= 15 is 0 Å². The lowest BCUT2D eigenvalue weighted by Crippen LogP contribution is -2.20. The van der Waals surface area contributed by atoms with E-state index in [1.807, 2.05) is 59.2 Å². The van der Waals surface area contributed by atoms with Gasteiger partial charge in [-0.15, -0.1) is 0 Å². The van der Waals surface area contributed by atoms with Crippen LogP contribution < -0.4 is 10.9 Å². The lowest BCUT2D eigenvalue weighted by molar-refractivity contribution is 0.0961. The van der Waals surface area contributed by atoms with Gasteiger partial charge >= 0.3 is 0 Å². The third-order valence-electron chi connectivity index (χ3n) is 6.44. The number of carbonyl (C=O) groups is 1. The maximum Gasteiger partial charge on any atom is 0.282 e. The molecule has 1 N–H and O–H groups in total. The van der Waals surface area contributed by atoms with Gasteiger partial charge in [-0.05, 0) is 55.5 Å². The third-order valence-corrected chi connectivity index (χ3v) is 6.44. The molecule has 1 fully saturated rings. The number of unbranched alkanes of at least 4 members (excludes halogenated alkanes) is 1. The zero-order chi connectivity index (χ0) is 24.2. The molecule has 3 aliphatic heterocycles. The predicted octanol–water partition coefficient (Wildman–Crippen LogP) is 4.91. The second-order valence-corrected chi connectivity index (χ2v) is 9.07. The van der Waals surface area contributed by atoms with Gasteiger partial charge in [0.05, 0.1) is 22.9 Å². The van der Waals surface area contributed by atoms with Crippen LogP contribution in [0.2, 0.25) is 0 Å². The number of fused-ring (bicyclic) bond motifs is 1. The van der Waals surface area contributed by atoms with Crippen LogP contribution in [0.15, 0.2) is 71.8 Å². The first-order valence-corrected chi connectivity index (χ1v) is 12.3. The molecule has 0 aromatic heterocycles. The molecule has 35 heavy (non-hydrogen) atoms. The van der Waals surface area contributed by atoms with E-state index in [1.54, 1.807) is 12.4 Å². The second-order valence-electron chi connectivity index (χ2n) is 9.07. The number of hydrogen-bond acceptors (Lipinski definition) is 4. The highest BCUT2D eigenvalue weighted by Gasteiger charge is 2.26. The molecule has 2 aromatic rings. The smallest absolute Gasteiger partial charge is 0.282 e. The van der Waals surface area contributed by atoms with Crippen LogP contribution in [0.25, 0.3) is 16.9 Å². The van der Waals surface area contributed by atoms with Crippen molar-refractivity contribution in [2.45, 2.75) is 51.7 Å². The van der Waals surface area contributed by atoms with Gasteiger partial charge in [0.15, 0.2) is 0 Å². The van der Waals surface area contributed by atoms with Crippen LogP contribution in [0.3, 0.4) is 0 Å². The number of anilines is 1. The SMILES string of the molecule is CCCCc1ccc(NC(=O)c2cn(C[C@H]3CCCO3)cc3c(=O)n(-c4ccccc4)nc2-3)cc1. The number of aryl methyl sites for hydroxylation is 1. The van der Waals surface area contributed by atoms with Crippen LogP contribution in [0.5, 0.6) is 0 Å². The van der Waals surface area contributed by atoms with Gasteiger partial charge in [0.1, 0.15) is 5.69 Å². The van der Waals surface area contributed by atoms with Gasteiger partial charge in [-0.1, -0.05) is 43.7 Å². The van der Waals surface area contributed by atoms with Crippen LogP contribution in [-0.2, 0) is 17.7 Å². The minimum atomic E-state index is -0.296. The van der Waals surface area contributed by atoms with E-state index < -0.39 is 0 Å². The lowest BCUT2D eigenvalue weighted by atomic mass is 10.1. The van der Waals surface area contributed by atoms with E-state index in [2.05, 4.69) is 17.3 Å². The van der Waals surface area contributed by atoms with Crippen molar-refractivity contribution >= 4 is 11.6 Å². The summed E-state index contributed by atoms with van der Waals surface area (Å²) in [5.74, 6) is -0.296. The summed E-state index contributed by atoms with van der Waals surface area (Å²) in [6, 6.07) is 17.2. The number of amides is 1. The van der Waals surface area contributed by atoms with Gasteiger partial charge in [-0.3, -0.25) is 9.59 Å². The number of hydrogen-bond donors (Lipinski definition) is 1. The molecule has 1 amide bonds. The molecule has 5 rings (SSSR count). The highest BCUT2D eigenvalue weighted by Crippen LogP contribution is 2.25. The van der Waals surface area contributed by atoms with Crippen molar-refractivity contribution in [1.82, 2.24) is 14.3 Å². The minimum Gasteiger partial charge on any atom is -0.376 e. The average Bonchev–Trinajstić information content (AvgIpc) is 3.51. The molecule has 1 atom stereocenters. The van der Waals surface area contributed by atoms with E-state index in [1.165, 1.54) is 10.2 Å². The van der Waals surface area contributed by atoms with Crippen LogP contribution in [0.1, 0.15) is 48.5 Å². The molecule has 0 saturated carbocycles. The van der Waals surface area contributed by atoms with Gasteiger partial charge in [0.25, 0.3) is 11.5 Å². The van der Waals surface area contributed by atoms with Crippen molar-refractivity contribution in [3.63, 3.8) is 0 Å². The largest absolute Gasteiger partial charge is 0.376 e. The van der Waals surface area contributed by atoms with Crippen molar-refractivity contribution < 1.29 is 9.53 Å². The van der Waals surface area contributed by atoms with E-state index in [9.17, 15) is 9.59 Å². The fourth-order valence-electron chi connectivity index (χ4n) is 4.53. The Hall–Kier alpha value is -3.71. The van der Waals surface area contributed by atoms with Crippen molar-refractivity contribution in [3.8, 4) is 16.9 Å². The molecule has 7 nitrogen and oxygen atoms in total. The van der Waals surface area contributed by atoms with Crippen molar-refractivity contribution in [3.05, 3.63) is 88.5 Å². The standard InChI is InChI=1S/C28H30N4O3/c1-2-3-8-20-12-14-21(15-13-20)29-27(33)24-18-31(17-23-11-7-16-35-23)19-25-26(24)30-32(28(25)34)22-9-5-4-6-10-22/h4-6,9-10,12-15,18-19,23H,2-3,7-8,11,16-17H2,1H3,(H,29,33)/t23-/m1/s1. The molecule has 1 saturated heterocycles. The molecule has 0 aliphatic carbocycles. The molecular weight excluding hydrogens is 440 g/mol. The Balaban J connectivity index is 1.50. The van der Waals surface area contributed by atoms with Gasteiger partial charge in [-0.2, -0.15) is 9.78 Å². The Labute approximate surface area is 204 Å². The summed E-state index contributed by atoms with van der Waals surface area (Å²) in [5, 5.41) is 7.55. The minimum absolute atomic E-state index is 0.0725. The molecule has 0 radical (unpaired) electrons. The summed E-state index contributed by atoms with van der Waals surface area (Å²) < 4.78 is 9.04. The quantitative estimate of drug-likeness (QED) is 0.397. The Morgan fingerprint density at radius 2 is 1.91 bits per heavy atom. The topological polar surface area (TPSA) is 78.2 Å². The second kappa shape index (κ2) is 10.3. The fourth-order valence-corrected chi connectivity index (χ4v) is 4.53. The Bertz CT molecular complexity index is 1320. The predicted molar refractivity (Wildman–Crippen MR) is 136 cm³/mol. The molecule has 180 valence electrons. The fraction of sp³-hybridized carbons (Fsp3) is 0.321. The van der Waals surface area contributed by atoms with E-state index in [0.717, 1.165) is 38.7 Å². The summed E-state index contributed by atoms with van der Waals surface area (Å²) in [6.45, 7) is 3.50. The molecule has 0 spiro atoms. The maximum absolute atomic E-state index is 13.4. The first kappa shape index (κ1) is 23.1. The van der Waals surface area contributed by atoms with Crippen molar-refractivity contribution in [2.75, 3.05) is 11.9 Å². The average molecular weight is 471 g/mol. The molecule has 3 aliphatic rings. The summed E-state index contributed by atoms with van der Waals surface area (Å²) in [7, 11) is 0. The Morgan fingerprint density at radius 1 is 1.11 bits per heavy atom. The zero-order valence-corrected chi connectivity index (χ0v) is 19.9. The number of carbonyl (C=O) groups excluding carboxylic acids is 1. The summed E-state index contributed by atoms with van der Waals surface area (Å²) in [4.78, 5) is 26.7. The van der Waals surface area contributed by atoms with Crippen molar-refractivity contribution in [1.29, 1.82) is 0 Å². The number of aromatic nitrogens is 3. The number of nitrogens with one attached hydrogen (secondary N) is 1. The zero-order valence-electron chi connectivity index (χ0n) is 19.9. The van der Waals surface area contributed by atoms with E-state index in [4.69, 9.17) is 4.74 Å². The number of ether oxygens (including phenoxy) is 1. The normalized spacial score (nSPS) is 15.5. The van der Waals surface area contributed by atoms with Gasteiger partial charge in [-0.25, -0.2) is 0 Å². The number of nitrogens with zero attached hydrogens (tertiary/aromatic N) is 3.